The predicted octanol–water partition coefficient (Wildman–Crippen LogP) is 2.19. The highest BCUT2D eigenvalue weighted by atomic mass is 32.1. The van der Waals surface area contributed by atoms with Crippen molar-refractivity contribution in [3.05, 3.63) is 23.4 Å². The molecule has 0 radical (unpaired) electrons. The van der Waals surface area contributed by atoms with Crippen LogP contribution in [0, 0.1) is 0 Å². The Morgan fingerprint density at radius 1 is 1.30 bits per heavy atom. The summed E-state index contributed by atoms with van der Waals surface area (Å²) < 4.78 is 0. The fourth-order valence-corrected chi connectivity index (χ4v) is 0.620. The zero-order valence-corrected chi connectivity index (χ0v) is 7.51. The predicted molar refractivity (Wildman–Crippen MR) is 50.0 cm³/mol. The second-order valence-corrected chi connectivity index (χ2v) is 2.99. The van der Waals surface area contributed by atoms with E-state index < -0.39 is 0 Å². The molecule has 10 heavy (non-hydrogen) atoms. The minimum atomic E-state index is 0.715. The van der Waals surface area contributed by atoms with Gasteiger partial charge >= 0.3 is 0 Å². The Morgan fingerprint density at radius 2 is 1.70 bits per heavy atom. The molecule has 0 aromatic heterocycles. The van der Waals surface area contributed by atoms with Gasteiger partial charge in [0.15, 0.2) is 0 Å². The van der Waals surface area contributed by atoms with Gasteiger partial charge in [0.25, 0.3) is 0 Å². The molecule has 2 N–H and O–H groups in total. The molecule has 0 spiro atoms. The van der Waals surface area contributed by atoms with Crippen LogP contribution in [0.25, 0.3) is 0 Å². The lowest BCUT2D eigenvalue weighted by molar-refractivity contribution is 1.26. The van der Waals surface area contributed by atoms with Crippen LogP contribution in [0.4, 0.5) is 0 Å². The summed E-state index contributed by atoms with van der Waals surface area (Å²) in [5, 5.41) is 0. The highest BCUT2D eigenvalue weighted by molar-refractivity contribution is 7.80. The van der Waals surface area contributed by atoms with Crippen LogP contribution < -0.4 is 5.73 Å². The highest BCUT2D eigenvalue weighted by Gasteiger charge is 1.98. The fraction of sp³-hybridized carbons (Fsp3) is 0.375. The third-order valence-corrected chi connectivity index (χ3v) is 1.70. The number of allylic oxidation sites excluding steroid dienone is 2. The van der Waals surface area contributed by atoms with Gasteiger partial charge in [-0.2, -0.15) is 0 Å². The van der Waals surface area contributed by atoms with Crippen molar-refractivity contribution in [3.8, 4) is 0 Å². The van der Waals surface area contributed by atoms with Crippen LogP contribution in [0.15, 0.2) is 23.4 Å². The maximum absolute atomic E-state index is 5.65. The summed E-state index contributed by atoms with van der Waals surface area (Å²) in [6.07, 6.45) is 0. The molecule has 0 saturated heterocycles. The summed E-state index contributed by atoms with van der Waals surface area (Å²) in [5.74, 6) is 0. The fourth-order valence-electron chi connectivity index (χ4n) is 0.510. The number of rotatable bonds is 2. The third-order valence-electron chi connectivity index (χ3n) is 1.39. The van der Waals surface area contributed by atoms with Gasteiger partial charge in [-0.05, 0) is 31.9 Å². The summed E-state index contributed by atoms with van der Waals surface area (Å²) in [6.45, 7) is 9.36. The molecule has 0 heterocycles. The molecule has 0 fully saturated rings. The maximum atomic E-state index is 5.65. The van der Waals surface area contributed by atoms with Crippen LogP contribution in [0.2, 0.25) is 0 Å². The Hall–Kier alpha value is -0.630. The van der Waals surface area contributed by atoms with Crippen molar-refractivity contribution in [2.24, 2.45) is 5.73 Å². The molecule has 0 saturated carbocycles. The van der Waals surface area contributed by atoms with Gasteiger partial charge in [-0.1, -0.05) is 18.8 Å². The van der Waals surface area contributed by atoms with Gasteiger partial charge in [-0.15, -0.1) is 0 Å². The Morgan fingerprint density at radius 3 is 1.80 bits per heavy atom. The molecular formula is C8H13NS. The minimum absolute atomic E-state index is 0.715. The molecule has 0 aliphatic heterocycles. The van der Waals surface area contributed by atoms with Crippen molar-refractivity contribution in [2.75, 3.05) is 0 Å². The molecule has 0 unspecified atom stereocenters. The molecule has 0 atom stereocenters. The summed E-state index contributed by atoms with van der Waals surface area (Å²) in [7, 11) is 0. The molecule has 0 rings (SSSR count). The van der Waals surface area contributed by atoms with Crippen LogP contribution >= 0.6 is 12.2 Å². The lowest BCUT2D eigenvalue weighted by Gasteiger charge is -2.04. The first-order chi connectivity index (χ1) is 4.46. The largest absolute Gasteiger partial charge is 0.398 e. The van der Waals surface area contributed by atoms with Gasteiger partial charge < -0.3 is 5.73 Å². The van der Waals surface area contributed by atoms with Crippen molar-refractivity contribution < 1.29 is 0 Å². The van der Waals surface area contributed by atoms with Gasteiger partial charge in [0.1, 0.15) is 0 Å². The molecule has 1 nitrogen and oxygen atoms in total. The third kappa shape index (κ3) is 2.31. The molecule has 0 bridgehead atoms. The summed E-state index contributed by atoms with van der Waals surface area (Å²) in [6, 6.07) is 0. The Balaban J connectivity index is 4.67. The Kier molecular flexibility index (Phi) is 3.30. The molecule has 0 aliphatic carbocycles. The van der Waals surface area contributed by atoms with Gasteiger partial charge in [-0.3, -0.25) is 0 Å². The zero-order chi connectivity index (χ0) is 8.31. The Labute approximate surface area is 67.6 Å². The lowest BCUT2D eigenvalue weighted by Crippen LogP contribution is -2.05. The highest BCUT2D eigenvalue weighted by Crippen LogP contribution is 2.07. The summed E-state index contributed by atoms with van der Waals surface area (Å²) >= 11 is 4.93. The standard InChI is InChI=1S/C8H13NS/c1-5(2)8(9)6(3)7(4)10/h1,9H2,2-4H3/b8-6+. The number of hydrogen-bond donors (Lipinski definition) is 1. The van der Waals surface area contributed by atoms with Gasteiger partial charge in [-0.25, -0.2) is 0 Å². The first-order valence-corrected chi connectivity index (χ1v) is 3.50. The number of hydrogen-bond acceptors (Lipinski definition) is 2. The topological polar surface area (TPSA) is 26.0 Å². The van der Waals surface area contributed by atoms with E-state index in [1.54, 1.807) is 0 Å². The molecule has 56 valence electrons. The van der Waals surface area contributed by atoms with E-state index >= 15 is 0 Å². The van der Waals surface area contributed by atoms with Crippen molar-refractivity contribution in [1.82, 2.24) is 0 Å². The lowest BCUT2D eigenvalue weighted by atomic mass is 10.1. The average molecular weight is 155 g/mol. The first-order valence-electron chi connectivity index (χ1n) is 3.10. The van der Waals surface area contributed by atoms with Crippen molar-refractivity contribution in [2.45, 2.75) is 20.8 Å². The van der Waals surface area contributed by atoms with Gasteiger partial charge in [0.05, 0.1) is 0 Å². The van der Waals surface area contributed by atoms with Crippen molar-refractivity contribution in [3.63, 3.8) is 0 Å². The van der Waals surface area contributed by atoms with Crippen LogP contribution in [0.5, 0.6) is 0 Å². The monoisotopic (exact) mass is 155 g/mol. The molecular weight excluding hydrogens is 142 g/mol. The minimum Gasteiger partial charge on any atom is -0.398 e. The number of nitrogens with two attached hydrogens (primary N) is 1. The normalized spacial score (nSPS) is 12.3. The first kappa shape index (κ1) is 9.37. The molecule has 0 aliphatic rings. The molecule has 0 aromatic rings. The number of thiocarbonyl (C=S) groups is 1. The van der Waals surface area contributed by atoms with E-state index in [9.17, 15) is 0 Å². The van der Waals surface area contributed by atoms with E-state index in [4.69, 9.17) is 18.0 Å². The van der Waals surface area contributed by atoms with E-state index in [2.05, 4.69) is 6.58 Å². The maximum Gasteiger partial charge on any atom is 0.0378 e. The van der Waals surface area contributed by atoms with E-state index in [0.717, 1.165) is 16.0 Å². The van der Waals surface area contributed by atoms with Crippen LogP contribution in [-0.4, -0.2) is 4.86 Å². The van der Waals surface area contributed by atoms with E-state index in [0.29, 0.717) is 5.70 Å². The Bertz CT molecular complexity index is 179. The smallest absolute Gasteiger partial charge is 0.0378 e. The summed E-state index contributed by atoms with van der Waals surface area (Å²) in [4.78, 5) is 0.834. The second-order valence-electron chi connectivity index (χ2n) is 2.38. The molecule has 0 aromatic carbocycles. The average Bonchev–Trinajstić information content (AvgIpc) is 1.84. The molecule has 0 amide bonds. The SMILES string of the molecule is C=C(C)/C(N)=C(/C)C(C)=S. The summed E-state index contributed by atoms with van der Waals surface area (Å²) in [5.41, 5.74) is 8.21. The van der Waals surface area contributed by atoms with Crippen LogP contribution in [-0.2, 0) is 0 Å². The zero-order valence-electron chi connectivity index (χ0n) is 6.69. The van der Waals surface area contributed by atoms with Crippen LogP contribution in [0.1, 0.15) is 20.8 Å². The van der Waals surface area contributed by atoms with E-state index in [1.807, 2.05) is 20.8 Å². The van der Waals surface area contributed by atoms with E-state index in [1.165, 1.54) is 0 Å². The quantitative estimate of drug-likeness (QED) is 0.376. The van der Waals surface area contributed by atoms with Crippen molar-refractivity contribution in [1.29, 1.82) is 0 Å². The van der Waals surface area contributed by atoms with Gasteiger partial charge in [0.2, 0.25) is 0 Å². The van der Waals surface area contributed by atoms with Crippen LogP contribution in [0.3, 0.4) is 0 Å². The second kappa shape index (κ2) is 3.52. The molecule has 2 heteroatoms. The van der Waals surface area contributed by atoms with Crippen molar-refractivity contribution >= 4 is 17.1 Å². The van der Waals surface area contributed by atoms with Gasteiger partial charge in [0, 0.05) is 10.6 Å². The van der Waals surface area contributed by atoms with E-state index in [-0.39, 0.29) is 0 Å².